The minimum atomic E-state index is -1.83. The van der Waals surface area contributed by atoms with Crippen LogP contribution < -0.4 is 0 Å². The first-order valence-corrected chi connectivity index (χ1v) is 3.91. The van der Waals surface area contributed by atoms with E-state index in [9.17, 15) is 0 Å². The second kappa shape index (κ2) is 5.00. The summed E-state index contributed by atoms with van der Waals surface area (Å²) >= 11 is 0. The summed E-state index contributed by atoms with van der Waals surface area (Å²) in [5, 5.41) is 13.9. The molecule has 2 atom stereocenters. The standard InChI is InChI=1S/C6H10O3.CH2O3/c1(5-3-8-5)7-2-6-4-9-6;2-1(3)4/h5-6H,1-4H2;(H2,2,3,4). The molecule has 0 spiro atoms. The molecule has 2 fully saturated rings. The van der Waals surface area contributed by atoms with Crippen LogP contribution in [0.3, 0.4) is 0 Å². The van der Waals surface area contributed by atoms with Gasteiger partial charge in [0.15, 0.2) is 0 Å². The SMILES string of the molecule is C(OCC1CO1)C1CO1.O=C(O)O. The molecule has 0 amide bonds. The Balaban J connectivity index is 0.000000184. The van der Waals surface area contributed by atoms with E-state index in [1.807, 2.05) is 0 Å². The highest BCUT2D eigenvalue weighted by Gasteiger charge is 2.26. The van der Waals surface area contributed by atoms with E-state index < -0.39 is 6.16 Å². The molecule has 76 valence electrons. The molecule has 2 heterocycles. The van der Waals surface area contributed by atoms with Crippen molar-refractivity contribution in [2.45, 2.75) is 12.2 Å². The van der Waals surface area contributed by atoms with Gasteiger partial charge in [0.2, 0.25) is 0 Å². The van der Waals surface area contributed by atoms with Gasteiger partial charge >= 0.3 is 6.16 Å². The summed E-state index contributed by atoms with van der Waals surface area (Å²) in [6, 6.07) is 0. The maximum absolute atomic E-state index is 8.56. The molecule has 0 bridgehead atoms. The van der Waals surface area contributed by atoms with Crippen LogP contribution in [0.2, 0.25) is 0 Å². The Morgan fingerprint density at radius 3 is 1.77 bits per heavy atom. The van der Waals surface area contributed by atoms with Gasteiger partial charge in [-0.15, -0.1) is 0 Å². The van der Waals surface area contributed by atoms with Crippen LogP contribution in [0.15, 0.2) is 0 Å². The van der Waals surface area contributed by atoms with E-state index in [1.165, 1.54) is 0 Å². The molecular formula is C7H12O6. The molecule has 0 aromatic rings. The van der Waals surface area contributed by atoms with Crippen molar-refractivity contribution in [1.29, 1.82) is 0 Å². The normalized spacial score (nSPS) is 28.6. The summed E-state index contributed by atoms with van der Waals surface area (Å²) in [5.41, 5.74) is 0. The van der Waals surface area contributed by atoms with Gasteiger partial charge in [0, 0.05) is 0 Å². The van der Waals surface area contributed by atoms with Crippen molar-refractivity contribution in [3.8, 4) is 0 Å². The van der Waals surface area contributed by atoms with E-state index in [0.29, 0.717) is 12.2 Å². The molecule has 13 heavy (non-hydrogen) atoms. The Kier molecular flexibility index (Phi) is 3.94. The van der Waals surface area contributed by atoms with Crippen molar-refractivity contribution in [2.75, 3.05) is 26.4 Å². The molecule has 0 aromatic heterocycles. The lowest BCUT2D eigenvalue weighted by molar-refractivity contribution is 0.102. The van der Waals surface area contributed by atoms with E-state index in [-0.39, 0.29) is 0 Å². The highest BCUT2D eigenvalue weighted by Crippen LogP contribution is 2.12. The zero-order valence-electron chi connectivity index (χ0n) is 7.01. The van der Waals surface area contributed by atoms with Crippen LogP contribution in [0.25, 0.3) is 0 Å². The minimum Gasteiger partial charge on any atom is -0.450 e. The summed E-state index contributed by atoms with van der Waals surface area (Å²) in [7, 11) is 0. The van der Waals surface area contributed by atoms with Crippen molar-refractivity contribution in [1.82, 2.24) is 0 Å². The Hall–Kier alpha value is -0.850. The first-order chi connectivity index (χ1) is 6.18. The van der Waals surface area contributed by atoms with Crippen LogP contribution in [0.5, 0.6) is 0 Å². The Morgan fingerprint density at radius 1 is 1.23 bits per heavy atom. The summed E-state index contributed by atoms with van der Waals surface area (Å²) < 4.78 is 15.1. The summed E-state index contributed by atoms with van der Waals surface area (Å²) in [6.45, 7) is 3.26. The van der Waals surface area contributed by atoms with Crippen LogP contribution in [-0.4, -0.2) is 55.0 Å². The number of rotatable bonds is 4. The third-order valence-electron chi connectivity index (χ3n) is 1.41. The Bertz CT molecular complexity index is 146. The molecule has 0 saturated carbocycles. The predicted octanol–water partition coefficient (Wildman–Crippen LogP) is 0.0230. The zero-order valence-corrected chi connectivity index (χ0v) is 7.01. The van der Waals surface area contributed by atoms with Crippen LogP contribution in [0, 0.1) is 0 Å². The van der Waals surface area contributed by atoms with Crippen molar-refractivity contribution >= 4 is 6.16 Å². The lowest BCUT2D eigenvalue weighted by Crippen LogP contribution is -2.06. The second-order valence-electron chi connectivity index (χ2n) is 2.73. The third-order valence-corrected chi connectivity index (χ3v) is 1.41. The van der Waals surface area contributed by atoms with E-state index in [4.69, 9.17) is 29.2 Å². The van der Waals surface area contributed by atoms with Gasteiger partial charge in [-0.25, -0.2) is 4.79 Å². The Morgan fingerprint density at radius 2 is 1.54 bits per heavy atom. The van der Waals surface area contributed by atoms with Gasteiger partial charge in [-0.3, -0.25) is 0 Å². The summed E-state index contributed by atoms with van der Waals surface area (Å²) in [6.07, 6.45) is -1.05. The highest BCUT2D eigenvalue weighted by molar-refractivity contribution is 5.53. The number of epoxide rings is 2. The van der Waals surface area contributed by atoms with E-state index in [0.717, 1.165) is 26.4 Å². The van der Waals surface area contributed by atoms with Crippen molar-refractivity contribution in [2.24, 2.45) is 0 Å². The van der Waals surface area contributed by atoms with Crippen LogP contribution >= 0.6 is 0 Å². The maximum atomic E-state index is 8.56. The van der Waals surface area contributed by atoms with Gasteiger partial charge in [-0.2, -0.15) is 0 Å². The molecular weight excluding hydrogens is 180 g/mol. The van der Waals surface area contributed by atoms with Gasteiger partial charge in [-0.1, -0.05) is 0 Å². The second-order valence-corrected chi connectivity index (χ2v) is 2.73. The third kappa shape index (κ3) is 7.51. The highest BCUT2D eigenvalue weighted by atomic mass is 16.6. The molecule has 0 aromatic carbocycles. The number of hydrogen-bond acceptors (Lipinski definition) is 4. The molecule has 2 unspecified atom stereocenters. The zero-order chi connectivity index (χ0) is 9.68. The fraction of sp³-hybridized carbons (Fsp3) is 0.857. The molecule has 6 heteroatoms. The number of carboxylic acid groups (broad SMARTS) is 2. The monoisotopic (exact) mass is 192 g/mol. The van der Waals surface area contributed by atoms with Crippen molar-refractivity contribution < 1.29 is 29.2 Å². The van der Waals surface area contributed by atoms with Gasteiger partial charge in [0.05, 0.1) is 26.4 Å². The number of ether oxygens (including phenoxy) is 3. The molecule has 0 radical (unpaired) electrons. The van der Waals surface area contributed by atoms with Crippen molar-refractivity contribution in [3.05, 3.63) is 0 Å². The molecule has 0 aliphatic carbocycles. The molecule has 6 nitrogen and oxygen atoms in total. The molecule has 2 rings (SSSR count). The van der Waals surface area contributed by atoms with Crippen LogP contribution in [-0.2, 0) is 14.2 Å². The quantitative estimate of drug-likeness (QED) is 0.610. The maximum Gasteiger partial charge on any atom is 0.503 e. The fourth-order valence-corrected chi connectivity index (χ4v) is 0.659. The number of hydrogen-bond donors (Lipinski definition) is 2. The average molecular weight is 192 g/mol. The lowest BCUT2D eigenvalue weighted by Gasteiger charge is -1.95. The summed E-state index contributed by atoms with van der Waals surface area (Å²) in [4.78, 5) is 8.56. The molecule has 2 aliphatic heterocycles. The first-order valence-electron chi connectivity index (χ1n) is 3.91. The fourth-order valence-electron chi connectivity index (χ4n) is 0.659. The molecule has 2 aliphatic rings. The van der Waals surface area contributed by atoms with Gasteiger partial charge in [0.1, 0.15) is 12.2 Å². The number of carbonyl (C=O) groups is 1. The lowest BCUT2D eigenvalue weighted by atomic mass is 10.5. The topological polar surface area (TPSA) is 91.8 Å². The first kappa shape index (κ1) is 10.2. The molecule has 2 saturated heterocycles. The predicted molar refractivity (Wildman–Crippen MR) is 41.0 cm³/mol. The molecule has 2 N–H and O–H groups in total. The van der Waals surface area contributed by atoms with Gasteiger partial charge in [0.25, 0.3) is 0 Å². The Labute approximate surface area is 75.0 Å². The van der Waals surface area contributed by atoms with E-state index in [1.54, 1.807) is 0 Å². The van der Waals surface area contributed by atoms with Crippen molar-refractivity contribution in [3.63, 3.8) is 0 Å². The van der Waals surface area contributed by atoms with Gasteiger partial charge in [-0.05, 0) is 0 Å². The van der Waals surface area contributed by atoms with Crippen LogP contribution in [0.1, 0.15) is 0 Å². The van der Waals surface area contributed by atoms with Crippen LogP contribution in [0.4, 0.5) is 4.79 Å². The largest absolute Gasteiger partial charge is 0.503 e. The van der Waals surface area contributed by atoms with E-state index in [2.05, 4.69) is 0 Å². The average Bonchev–Trinajstić information content (AvgIpc) is 2.78. The van der Waals surface area contributed by atoms with Gasteiger partial charge < -0.3 is 24.4 Å². The minimum absolute atomic E-state index is 0.392. The van der Waals surface area contributed by atoms with E-state index >= 15 is 0 Å². The smallest absolute Gasteiger partial charge is 0.450 e. The summed E-state index contributed by atoms with van der Waals surface area (Å²) in [5.74, 6) is 0.